The van der Waals surface area contributed by atoms with Gasteiger partial charge in [0.05, 0.1) is 0 Å². The molecule has 1 aliphatic rings. The average Bonchev–Trinajstić information content (AvgIpc) is 2.27. The van der Waals surface area contributed by atoms with Crippen LogP contribution in [0.15, 0.2) is 23.8 Å². The molecular formula is C12H8ClF3O3. The van der Waals surface area contributed by atoms with Gasteiger partial charge >= 0.3 is 17.2 Å². The van der Waals surface area contributed by atoms with E-state index in [0.717, 1.165) is 11.6 Å². The van der Waals surface area contributed by atoms with Crippen molar-refractivity contribution in [3.8, 4) is 5.75 Å². The van der Waals surface area contributed by atoms with Crippen molar-refractivity contribution in [1.82, 2.24) is 0 Å². The zero-order valence-corrected chi connectivity index (χ0v) is 10.3. The number of halogens is 4. The molecule has 0 spiro atoms. The molecule has 0 fully saturated rings. The molecule has 19 heavy (non-hydrogen) atoms. The van der Waals surface area contributed by atoms with E-state index in [0.29, 0.717) is 0 Å². The number of carbonyl (C=O) groups is 1. The van der Waals surface area contributed by atoms with Crippen LogP contribution in [0.3, 0.4) is 0 Å². The van der Waals surface area contributed by atoms with Crippen LogP contribution >= 0.6 is 11.6 Å². The molecule has 1 aromatic rings. The van der Waals surface area contributed by atoms with Crippen LogP contribution in [0.25, 0.3) is 6.08 Å². The average molecular weight is 293 g/mol. The zero-order valence-electron chi connectivity index (χ0n) is 9.58. The van der Waals surface area contributed by atoms with E-state index in [2.05, 4.69) is 0 Å². The van der Waals surface area contributed by atoms with Gasteiger partial charge in [0, 0.05) is 5.56 Å². The number of benzene rings is 1. The Balaban J connectivity index is 2.65. The maximum Gasteiger partial charge on any atom is 0.448 e. The number of rotatable bonds is 1. The SMILES string of the molecule is Cc1ccc2c(c1)C=C(C(=O)O)C(Cl)(C(F)(F)F)O2. The van der Waals surface area contributed by atoms with Gasteiger partial charge in [-0.25, -0.2) is 4.79 Å². The van der Waals surface area contributed by atoms with Crippen molar-refractivity contribution < 1.29 is 27.8 Å². The van der Waals surface area contributed by atoms with E-state index in [1.807, 2.05) is 0 Å². The molecule has 1 N–H and O–H groups in total. The molecule has 2 rings (SSSR count). The maximum atomic E-state index is 12.9. The number of hydrogen-bond acceptors (Lipinski definition) is 2. The van der Waals surface area contributed by atoms with E-state index in [1.165, 1.54) is 12.1 Å². The molecule has 0 radical (unpaired) electrons. The Labute approximate surface area is 111 Å². The first-order chi connectivity index (χ1) is 8.65. The molecule has 0 saturated carbocycles. The van der Waals surface area contributed by atoms with Crippen molar-refractivity contribution in [2.45, 2.75) is 18.2 Å². The lowest BCUT2D eigenvalue weighted by atomic mass is 9.99. The summed E-state index contributed by atoms with van der Waals surface area (Å²) in [5.74, 6) is -1.89. The smallest absolute Gasteiger partial charge is 0.448 e. The highest BCUT2D eigenvalue weighted by Gasteiger charge is 2.62. The summed E-state index contributed by atoms with van der Waals surface area (Å²) in [6.07, 6.45) is -4.17. The van der Waals surface area contributed by atoms with Crippen molar-refractivity contribution in [2.24, 2.45) is 0 Å². The highest BCUT2D eigenvalue weighted by molar-refractivity contribution is 6.29. The largest absolute Gasteiger partial charge is 0.478 e. The predicted octanol–water partition coefficient (Wildman–Crippen LogP) is 3.35. The molecule has 1 atom stereocenters. The summed E-state index contributed by atoms with van der Waals surface area (Å²) < 4.78 is 43.5. The molecule has 1 aliphatic heterocycles. The van der Waals surface area contributed by atoms with Crippen molar-refractivity contribution in [2.75, 3.05) is 0 Å². The van der Waals surface area contributed by atoms with E-state index in [1.54, 1.807) is 13.0 Å². The predicted molar refractivity (Wildman–Crippen MR) is 62.1 cm³/mol. The van der Waals surface area contributed by atoms with Crippen molar-refractivity contribution in [3.05, 3.63) is 34.9 Å². The fourth-order valence-corrected chi connectivity index (χ4v) is 1.96. The Morgan fingerprint density at radius 3 is 2.58 bits per heavy atom. The quantitative estimate of drug-likeness (QED) is 0.807. The van der Waals surface area contributed by atoms with E-state index in [9.17, 15) is 18.0 Å². The highest BCUT2D eigenvalue weighted by atomic mass is 35.5. The Bertz CT molecular complexity index is 580. The van der Waals surface area contributed by atoms with Crippen LogP contribution in [0.5, 0.6) is 5.75 Å². The number of carboxylic acid groups (broad SMARTS) is 1. The molecule has 1 aromatic carbocycles. The highest BCUT2D eigenvalue weighted by Crippen LogP contribution is 2.47. The van der Waals surface area contributed by atoms with Crippen molar-refractivity contribution in [1.29, 1.82) is 0 Å². The first-order valence-electron chi connectivity index (χ1n) is 5.16. The first-order valence-corrected chi connectivity index (χ1v) is 5.54. The minimum Gasteiger partial charge on any atom is -0.478 e. The molecule has 0 bridgehead atoms. The van der Waals surface area contributed by atoms with E-state index in [4.69, 9.17) is 21.4 Å². The molecule has 7 heteroatoms. The molecule has 0 saturated heterocycles. The van der Waals surface area contributed by atoms with Crippen LogP contribution in [0.1, 0.15) is 11.1 Å². The van der Waals surface area contributed by atoms with Crippen LogP contribution in [0, 0.1) is 6.92 Å². The second-order valence-electron chi connectivity index (χ2n) is 4.10. The van der Waals surface area contributed by atoms with Crippen LogP contribution in [-0.4, -0.2) is 22.3 Å². The lowest BCUT2D eigenvalue weighted by Crippen LogP contribution is -2.50. The Hall–Kier alpha value is -1.69. The Morgan fingerprint density at radius 1 is 1.42 bits per heavy atom. The van der Waals surface area contributed by atoms with Gasteiger partial charge in [-0.15, -0.1) is 0 Å². The minimum absolute atomic E-state index is 0.108. The number of aryl methyl sites for hydroxylation is 1. The third-order valence-corrected chi connectivity index (χ3v) is 3.15. The monoisotopic (exact) mass is 292 g/mol. The standard InChI is InChI=1S/C12H8ClF3O3/c1-6-2-3-9-7(4-6)5-8(10(17)18)11(13,19-9)12(14,15)16/h2-5H,1H3,(H,17,18). The summed E-state index contributed by atoms with van der Waals surface area (Å²) in [6.45, 7) is 1.72. The van der Waals surface area contributed by atoms with E-state index in [-0.39, 0.29) is 11.3 Å². The molecule has 1 heterocycles. The third-order valence-electron chi connectivity index (χ3n) is 2.66. The Morgan fingerprint density at radius 2 is 2.05 bits per heavy atom. The summed E-state index contributed by atoms with van der Waals surface area (Å²) in [6, 6.07) is 4.39. The van der Waals surface area contributed by atoms with Gasteiger partial charge < -0.3 is 9.84 Å². The van der Waals surface area contributed by atoms with Gasteiger partial charge in [0.25, 0.3) is 0 Å². The second-order valence-corrected chi connectivity index (χ2v) is 4.63. The van der Waals surface area contributed by atoms with Crippen molar-refractivity contribution in [3.63, 3.8) is 0 Å². The first kappa shape index (κ1) is 13.7. The van der Waals surface area contributed by atoms with Gasteiger partial charge in [-0.2, -0.15) is 13.2 Å². The number of carboxylic acids is 1. The van der Waals surface area contributed by atoms with Gasteiger partial charge in [-0.3, -0.25) is 0 Å². The van der Waals surface area contributed by atoms with Gasteiger partial charge in [-0.05, 0) is 25.1 Å². The topological polar surface area (TPSA) is 46.5 Å². The molecular weight excluding hydrogens is 285 g/mol. The number of alkyl halides is 4. The minimum atomic E-state index is -5.05. The van der Waals surface area contributed by atoms with Crippen molar-refractivity contribution >= 4 is 23.6 Å². The fourth-order valence-electron chi connectivity index (χ4n) is 1.74. The molecule has 1 unspecified atom stereocenters. The van der Waals surface area contributed by atoms with Crippen LogP contribution in [0.4, 0.5) is 13.2 Å². The number of ether oxygens (including phenoxy) is 1. The van der Waals surface area contributed by atoms with Gasteiger partial charge in [0.15, 0.2) is 0 Å². The van der Waals surface area contributed by atoms with Gasteiger partial charge in [0.2, 0.25) is 0 Å². The number of hydrogen-bond donors (Lipinski definition) is 1. The normalized spacial score (nSPS) is 22.3. The lowest BCUT2D eigenvalue weighted by molar-refractivity contribution is -0.204. The summed E-state index contributed by atoms with van der Waals surface area (Å²) in [5, 5.41) is 5.53. The third kappa shape index (κ3) is 2.16. The Kier molecular flexibility index (Phi) is 3.01. The van der Waals surface area contributed by atoms with Crippen LogP contribution < -0.4 is 4.74 Å². The summed E-state index contributed by atoms with van der Waals surface area (Å²) >= 11 is 5.38. The van der Waals surface area contributed by atoms with Crippen LogP contribution in [0.2, 0.25) is 0 Å². The maximum absolute atomic E-state index is 12.9. The van der Waals surface area contributed by atoms with Gasteiger partial charge in [-0.1, -0.05) is 23.2 Å². The van der Waals surface area contributed by atoms with Gasteiger partial charge in [0.1, 0.15) is 11.3 Å². The fraction of sp³-hybridized carbons (Fsp3) is 0.250. The molecule has 3 nitrogen and oxygen atoms in total. The number of aliphatic carboxylic acids is 1. The molecule has 0 aliphatic carbocycles. The van der Waals surface area contributed by atoms with E-state index >= 15 is 0 Å². The molecule has 0 amide bonds. The summed E-state index contributed by atoms with van der Waals surface area (Å²) in [7, 11) is 0. The molecule has 0 aromatic heterocycles. The summed E-state index contributed by atoms with van der Waals surface area (Å²) in [4.78, 5) is 11.0. The zero-order chi connectivity index (χ0) is 14.4. The second kappa shape index (κ2) is 4.16. The lowest BCUT2D eigenvalue weighted by Gasteiger charge is -2.34. The number of fused-ring (bicyclic) bond motifs is 1. The summed E-state index contributed by atoms with van der Waals surface area (Å²) in [5.41, 5.74) is -0.0462. The molecule has 102 valence electrons. The van der Waals surface area contributed by atoms with Crippen LogP contribution in [-0.2, 0) is 4.79 Å². The van der Waals surface area contributed by atoms with E-state index < -0.39 is 22.8 Å².